The maximum absolute atomic E-state index is 11.1. The van der Waals surface area contributed by atoms with Crippen LogP contribution in [-0.4, -0.2) is 105 Å². The molecule has 0 unspecified atom stereocenters. The Labute approximate surface area is 232 Å². The van der Waals surface area contributed by atoms with Crippen LogP contribution in [0.4, 0.5) is 0 Å². The molecule has 0 heterocycles. The highest BCUT2D eigenvalue weighted by atomic mass is 16.6. The number of rotatable bonds is 33. The van der Waals surface area contributed by atoms with Gasteiger partial charge in [0.05, 0.1) is 98.9 Å². The van der Waals surface area contributed by atoms with Crippen molar-refractivity contribution in [3.8, 4) is 0 Å². The van der Waals surface area contributed by atoms with Crippen LogP contribution in [-0.2, 0) is 42.7 Å². The standard InChI is InChI=1S/C29H58O9/c1-3-5-6-7-8-9-10-11-12-13-15-31-17-19-33-21-23-35-25-27-37-28-26-36-24-22-34-20-18-32-16-14-29(30)38-4-2/h3-28H2,1-2H3. The molecule has 0 N–H and O–H groups in total. The van der Waals surface area contributed by atoms with Gasteiger partial charge in [-0.05, 0) is 13.3 Å². The minimum absolute atomic E-state index is 0.240. The average molecular weight is 551 g/mol. The molecule has 0 fully saturated rings. The van der Waals surface area contributed by atoms with Crippen molar-refractivity contribution in [3.63, 3.8) is 0 Å². The molecule has 0 saturated carbocycles. The summed E-state index contributed by atoms with van der Waals surface area (Å²) in [6, 6.07) is 0. The van der Waals surface area contributed by atoms with E-state index in [1.165, 1.54) is 57.8 Å². The molecule has 0 aliphatic carbocycles. The third-order valence-electron chi connectivity index (χ3n) is 5.63. The van der Waals surface area contributed by atoms with Crippen molar-refractivity contribution in [2.45, 2.75) is 84.5 Å². The van der Waals surface area contributed by atoms with Crippen molar-refractivity contribution in [2.24, 2.45) is 0 Å². The van der Waals surface area contributed by atoms with Crippen LogP contribution in [0.1, 0.15) is 84.5 Å². The predicted molar refractivity (Wildman–Crippen MR) is 149 cm³/mol. The lowest BCUT2D eigenvalue weighted by Crippen LogP contribution is -2.15. The van der Waals surface area contributed by atoms with Crippen LogP contribution < -0.4 is 0 Å². The maximum Gasteiger partial charge on any atom is 0.308 e. The molecule has 0 aliphatic heterocycles. The van der Waals surface area contributed by atoms with Crippen LogP contribution in [0.25, 0.3) is 0 Å². The molecule has 0 bridgehead atoms. The number of carbonyl (C=O) groups is 1. The number of ether oxygens (including phenoxy) is 8. The maximum atomic E-state index is 11.1. The highest BCUT2D eigenvalue weighted by molar-refractivity contribution is 5.69. The third-order valence-corrected chi connectivity index (χ3v) is 5.63. The zero-order valence-electron chi connectivity index (χ0n) is 24.6. The average Bonchev–Trinajstić information content (AvgIpc) is 2.92. The monoisotopic (exact) mass is 550 g/mol. The molecule has 0 saturated heterocycles. The van der Waals surface area contributed by atoms with Gasteiger partial charge in [0, 0.05) is 6.61 Å². The summed E-state index contributed by atoms with van der Waals surface area (Å²) < 4.78 is 43.1. The van der Waals surface area contributed by atoms with Crippen LogP contribution in [0.15, 0.2) is 0 Å². The lowest BCUT2D eigenvalue weighted by Gasteiger charge is -2.08. The summed E-state index contributed by atoms with van der Waals surface area (Å²) >= 11 is 0. The topological polar surface area (TPSA) is 90.9 Å². The molecule has 0 radical (unpaired) electrons. The molecule has 9 nitrogen and oxygen atoms in total. The summed E-state index contributed by atoms with van der Waals surface area (Å²) in [5, 5.41) is 0. The molecule has 0 aromatic carbocycles. The first-order chi connectivity index (χ1) is 18.8. The van der Waals surface area contributed by atoms with E-state index in [4.69, 9.17) is 37.9 Å². The van der Waals surface area contributed by atoms with E-state index in [-0.39, 0.29) is 12.4 Å². The van der Waals surface area contributed by atoms with Gasteiger partial charge in [-0.1, -0.05) is 64.7 Å². The Balaban J connectivity index is 3.04. The summed E-state index contributed by atoms with van der Waals surface area (Å²) in [6.45, 7) is 12.0. The second-order valence-corrected chi connectivity index (χ2v) is 9.02. The Morgan fingerprint density at radius 1 is 0.395 bits per heavy atom. The Morgan fingerprint density at radius 3 is 1.08 bits per heavy atom. The van der Waals surface area contributed by atoms with Crippen LogP contribution in [0, 0.1) is 0 Å². The minimum atomic E-state index is -0.240. The van der Waals surface area contributed by atoms with Gasteiger partial charge in [0.1, 0.15) is 0 Å². The zero-order chi connectivity index (χ0) is 27.6. The first-order valence-electron chi connectivity index (χ1n) is 15.0. The fourth-order valence-electron chi connectivity index (χ4n) is 3.50. The Kier molecular flexibility index (Phi) is 33.5. The molecule has 9 heteroatoms. The number of unbranched alkanes of at least 4 members (excludes halogenated alkanes) is 9. The van der Waals surface area contributed by atoms with E-state index in [0.717, 1.165) is 13.0 Å². The fourth-order valence-corrected chi connectivity index (χ4v) is 3.50. The van der Waals surface area contributed by atoms with Crippen LogP contribution in [0.3, 0.4) is 0 Å². The molecular weight excluding hydrogens is 492 g/mol. The first-order valence-corrected chi connectivity index (χ1v) is 15.0. The number of esters is 1. The van der Waals surface area contributed by atoms with E-state index in [2.05, 4.69) is 6.92 Å². The predicted octanol–water partition coefficient (Wildman–Crippen LogP) is 4.98. The Bertz CT molecular complexity index is 452. The highest BCUT2D eigenvalue weighted by Crippen LogP contribution is 2.10. The largest absolute Gasteiger partial charge is 0.466 e. The summed E-state index contributed by atoms with van der Waals surface area (Å²) in [5.41, 5.74) is 0. The molecule has 0 aromatic rings. The van der Waals surface area contributed by atoms with Crippen LogP contribution in [0.5, 0.6) is 0 Å². The summed E-state index contributed by atoms with van der Waals surface area (Å²) in [4.78, 5) is 11.1. The zero-order valence-corrected chi connectivity index (χ0v) is 24.6. The van der Waals surface area contributed by atoms with Gasteiger partial charge in [0.25, 0.3) is 0 Å². The normalized spacial score (nSPS) is 11.3. The second kappa shape index (κ2) is 34.2. The van der Waals surface area contributed by atoms with E-state index in [0.29, 0.717) is 92.5 Å². The molecule has 0 aromatic heterocycles. The van der Waals surface area contributed by atoms with Crippen molar-refractivity contribution >= 4 is 5.97 Å². The number of carbonyl (C=O) groups excluding carboxylic acids is 1. The van der Waals surface area contributed by atoms with E-state index >= 15 is 0 Å². The van der Waals surface area contributed by atoms with Crippen LogP contribution >= 0.6 is 0 Å². The number of hydrogen-bond donors (Lipinski definition) is 0. The van der Waals surface area contributed by atoms with E-state index < -0.39 is 0 Å². The molecule has 0 aliphatic rings. The quantitative estimate of drug-likeness (QED) is 0.0829. The summed E-state index contributed by atoms with van der Waals surface area (Å²) in [6.07, 6.45) is 13.7. The minimum Gasteiger partial charge on any atom is -0.466 e. The summed E-state index contributed by atoms with van der Waals surface area (Å²) in [7, 11) is 0. The Morgan fingerprint density at radius 2 is 0.711 bits per heavy atom. The van der Waals surface area contributed by atoms with Crippen molar-refractivity contribution in [1.29, 1.82) is 0 Å². The van der Waals surface area contributed by atoms with Gasteiger partial charge in [-0.3, -0.25) is 4.79 Å². The highest BCUT2D eigenvalue weighted by Gasteiger charge is 2.00. The SMILES string of the molecule is CCCCCCCCCCCCOCCOCCOCCOCCOCCOCCOCCC(=O)OCC. The second-order valence-electron chi connectivity index (χ2n) is 9.02. The molecule has 228 valence electrons. The van der Waals surface area contributed by atoms with Crippen molar-refractivity contribution in [3.05, 3.63) is 0 Å². The molecular formula is C29H58O9. The fraction of sp³-hybridized carbons (Fsp3) is 0.966. The lowest BCUT2D eigenvalue weighted by molar-refractivity contribution is -0.144. The molecule has 0 rings (SSSR count). The lowest BCUT2D eigenvalue weighted by atomic mass is 10.1. The summed E-state index contributed by atoms with van der Waals surface area (Å²) in [5.74, 6) is -0.240. The van der Waals surface area contributed by atoms with Gasteiger partial charge in [-0.25, -0.2) is 0 Å². The van der Waals surface area contributed by atoms with Crippen molar-refractivity contribution < 1.29 is 42.7 Å². The Hall–Kier alpha value is -0.810. The van der Waals surface area contributed by atoms with Gasteiger partial charge >= 0.3 is 5.97 Å². The van der Waals surface area contributed by atoms with Gasteiger partial charge in [-0.2, -0.15) is 0 Å². The molecule has 0 atom stereocenters. The van der Waals surface area contributed by atoms with Crippen molar-refractivity contribution in [2.75, 3.05) is 99.1 Å². The van der Waals surface area contributed by atoms with Gasteiger partial charge in [0.2, 0.25) is 0 Å². The third kappa shape index (κ3) is 33.2. The van der Waals surface area contributed by atoms with E-state index in [9.17, 15) is 4.79 Å². The van der Waals surface area contributed by atoms with Crippen LogP contribution in [0.2, 0.25) is 0 Å². The van der Waals surface area contributed by atoms with Crippen molar-refractivity contribution in [1.82, 2.24) is 0 Å². The van der Waals surface area contributed by atoms with Gasteiger partial charge in [-0.15, -0.1) is 0 Å². The smallest absolute Gasteiger partial charge is 0.308 e. The molecule has 0 spiro atoms. The van der Waals surface area contributed by atoms with E-state index in [1.54, 1.807) is 6.92 Å². The molecule has 0 amide bonds. The van der Waals surface area contributed by atoms with Gasteiger partial charge in [0.15, 0.2) is 0 Å². The van der Waals surface area contributed by atoms with E-state index in [1.807, 2.05) is 0 Å². The molecule has 38 heavy (non-hydrogen) atoms. The number of hydrogen-bond acceptors (Lipinski definition) is 9. The van der Waals surface area contributed by atoms with Gasteiger partial charge < -0.3 is 37.9 Å². The first kappa shape index (κ1) is 37.2.